The molecular formula is C26H29N3O3. The number of esters is 1. The molecule has 0 spiro atoms. The third-order valence-electron chi connectivity index (χ3n) is 5.26. The van der Waals surface area contributed by atoms with Gasteiger partial charge < -0.3 is 10.1 Å². The van der Waals surface area contributed by atoms with Gasteiger partial charge in [0.25, 0.3) is 5.91 Å². The molecule has 0 saturated carbocycles. The Balaban J connectivity index is 1.60. The van der Waals surface area contributed by atoms with Crippen molar-refractivity contribution >= 4 is 23.6 Å². The molecule has 2 aromatic carbocycles. The monoisotopic (exact) mass is 431 g/mol. The van der Waals surface area contributed by atoms with Gasteiger partial charge in [0, 0.05) is 23.0 Å². The van der Waals surface area contributed by atoms with E-state index in [-0.39, 0.29) is 5.91 Å². The number of hydrogen-bond acceptors (Lipinski definition) is 4. The van der Waals surface area contributed by atoms with E-state index in [1.165, 1.54) is 11.6 Å². The highest BCUT2D eigenvalue weighted by Gasteiger charge is 2.17. The van der Waals surface area contributed by atoms with Crippen molar-refractivity contribution in [3.8, 4) is 0 Å². The van der Waals surface area contributed by atoms with Crippen molar-refractivity contribution in [2.45, 2.75) is 47.3 Å². The van der Waals surface area contributed by atoms with Crippen molar-refractivity contribution in [3.63, 3.8) is 0 Å². The van der Waals surface area contributed by atoms with Crippen LogP contribution in [-0.4, -0.2) is 27.8 Å². The molecule has 3 aromatic rings. The molecule has 1 atom stereocenters. The summed E-state index contributed by atoms with van der Waals surface area (Å²) in [6.45, 7) is 10.1. The van der Waals surface area contributed by atoms with E-state index in [0.717, 1.165) is 28.1 Å². The minimum atomic E-state index is -0.917. The molecular weight excluding hydrogens is 402 g/mol. The largest absolute Gasteiger partial charge is 0.449 e. The summed E-state index contributed by atoms with van der Waals surface area (Å²) < 4.78 is 7.18. The zero-order valence-electron chi connectivity index (χ0n) is 19.2. The topological polar surface area (TPSA) is 73.2 Å². The molecule has 0 unspecified atom stereocenters. The molecule has 1 N–H and O–H groups in total. The fourth-order valence-electron chi connectivity index (χ4n) is 3.27. The molecule has 6 heteroatoms. The Hall–Kier alpha value is -3.67. The average molecular weight is 432 g/mol. The predicted octanol–water partition coefficient (Wildman–Crippen LogP) is 4.75. The van der Waals surface area contributed by atoms with Crippen LogP contribution >= 0.6 is 0 Å². The van der Waals surface area contributed by atoms with Crippen LogP contribution < -0.4 is 5.32 Å². The van der Waals surface area contributed by atoms with E-state index in [1.807, 2.05) is 49.7 Å². The van der Waals surface area contributed by atoms with Gasteiger partial charge in [-0.25, -0.2) is 4.79 Å². The third kappa shape index (κ3) is 5.94. The molecule has 32 heavy (non-hydrogen) atoms. The molecule has 0 aliphatic carbocycles. The number of hydrogen-bond donors (Lipinski definition) is 1. The molecule has 1 aromatic heterocycles. The maximum absolute atomic E-state index is 12.3. The minimum Gasteiger partial charge on any atom is -0.449 e. The molecule has 1 heterocycles. The Kier molecular flexibility index (Phi) is 7.25. The number of anilines is 1. The first kappa shape index (κ1) is 23.0. The summed E-state index contributed by atoms with van der Waals surface area (Å²) in [4.78, 5) is 24.6. The number of benzene rings is 2. The third-order valence-corrected chi connectivity index (χ3v) is 5.26. The summed E-state index contributed by atoms with van der Waals surface area (Å²) in [6, 6.07) is 15.7. The summed E-state index contributed by atoms with van der Waals surface area (Å²) in [5.74, 6) is -0.962. The molecule has 0 saturated heterocycles. The number of aryl methyl sites for hydroxylation is 3. The highest BCUT2D eigenvalue weighted by molar-refractivity contribution is 5.96. The Morgan fingerprint density at radius 2 is 1.59 bits per heavy atom. The minimum absolute atomic E-state index is 0.381. The number of ether oxygens (including phenoxy) is 1. The van der Waals surface area contributed by atoms with Gasteiger partial charge in [-0.3, -0.25) is 9.48 Å². The highest BCUT2D eigenvalue weighted by Crippen LogP contribution is 2.17. The Bertz CT molecular complexity index is 1130. The lowest BCUT2D eigenvalue weighted by molar-refractivity contribution is -0.148. The number of carbonyl (C=O) groups excluding carboxylic acids is 2. The van der Waals surface area contributed by atoms with Crippen LogP contribution in [0.1, 0.15) is 40.6 Å². The van der Waals surface area contributed by atoms with Crippen LogP contribution in [0.25, 0.3) is 6.08 Å². The fourth-order valence-corrected chi connectivity index (χ4v) is 3.27. The van der Waals surface area contributed by atoms with Gasteiger partial charge in [-0.15, -0.1) is 0 Å². The van der Waals surface area contributed by atoms with Crippen molar-refractivity contribution in [3.05, 3.63) is 88.2 Å². The number of carbonyl (C=O) groups is 2. The van der Waals surface area contributed by atoms with Crippen LogP contribution in [0, 0.1) is 27.7 Å². The molecule has 0 aliphatic rings. The van der Waals surface area contributed by atoms with Crippen LogP contribution in [-0.2, 0) is 20.9 Å². The molecule has 1 amide bonds. The van der Waals surface area contributed by atoms with Crippen molar-refractivity contribution in [2.24, 2.45) is 0 Å². The summed E-state index contributed by atoms with van der Waals surface area (Å²) >= 11 is 0. The van der Waals surface area contributed by atoms with Gasteiger partial charge in [-0.2, -0.15) is 5.10 Å². The number of aromatic nitrogens is 2. The zero-order chi connectivity index (χ0) is 23.3. The fraction of sp³-hybridized carbons (Fsp3) is 0.269. The Labute approximate surface area is 188 Å². The van der Waals surface area contributed by atoms with Gasteiger partial charge in [0.05, 0.1) is 12.2 Å². The van der Waals surface area contributed by atoms with Crippen molar-refractivity contribution < 1.29 is 14.3 Å². The first-order chi connectivity index (χ1) is 15.2. The smallest absolute Gasteiger partial charge is 0.331 e. The lowest BCUT2D eigenvalue weighted by Crippen LogP contribution is -2.29. The van der Waals surface area contributed by atoms with Gasteiger partial charge in [0.1, 0.15) is 0 Å². The zero-order valence-corrected chi connectivity index (χ0v) is 19.2. The van der Waals surface area contributed by atoms with Crippen LogP contribution in [0.2, 0.25) is 0 Å². The molecule has 0 aliphatic heterocycles. The van der Waals surface area contributed by atoms with Crippen LogP contribution in [0.5, 0.6) is 0 Å². The van der Waals surface area contributed by atoms with Crippen molar-refractivity contribution in [1.29, 1.82) is 0 Å². The molecule has 0 fully saturated rings. The number of amides is 1. The summed E-state index contributed by atoms with van der Waals surface area (Å²) in [6.07, 6.45) is 2.11. The van der Waals surface area contributed by atoms with Gasteiger partial charge in [-0.05, 0) is 58.4 Å². The van der Waals surface area contributed by atoms with Crippen LogP contribution in [0.3, 0.4) is 0 Å². The SMILES string of the molecule is Cc1ccc(Cn2nc(C)c(/C=C/C(=O)O[C@@H](C)C(=O)Nc3ccc(C)cc3)c2C)cc1. The van der Waals surface area contributed by atoms with E-state index in [2.05, 4.69) is 41.6 Å². The lowest BCUT2D eigenvalue weighted by atomic mass is 10.1. The molecule has 0 radical (unpaired) electrons. The summed E-state index contributed by atoms with van der Waals surface area (Å²) in [5, 5.41) is 7.34. The van der Waals surface area contributed by atoms with Crippen LogP contribution in [0.4, 0.5) is 5.69 Å². The predicted molar refractivity (Wildman–Crippen MR) is 126 cm³/mol. The standard InChI is InChI=1S/C26H29N3O3/c1-17-6-10-22(11-7-17)16-29-20(4)24(19(3)28-29)14-15-25(30)32-21(5)26(31)27-23-12-8-18(2)9-13-23/h6-15,21H,16H2,1-5H3,(H,27,31)/b15-14+/t21-/m0/s1. The average Bonchev–Trinajstić information content (AvgIpc) is 3.02. The van der Waals surface area contributed by atoms with Gasteiger partial charge in [0.15, 0.2) is 6.10 Å². The quantitative estimate of drug-likeness (QED) is 0.433. The van der Waals surface area contributed by atoms with E-state index in [1.54, 1.807) is 13.0 Å². The number of rotatable bonds is 7. The van der Waals surface area contributed by atoms with Gasteiger partial charge in [0.2, 0.25) is 0 Å². The van der Waals surface area contributed by atoms with E-state index < -0.39 is 12.1 Å². The first-order valence-electron chi connectivity index (χ1n) is 10.6. The Morgan fingerprint density at radius 3 is 2.22 bits per heavy atom. The summed E-state index contributed by atoms with van der Waals surface area (Å²) in [7, 11) is 0. The molecule has 166 valence electrons. The summed E-state index contributed by atoms with van der Waals surface area (Å²) in [5.41, 5.74) is 6.77. The molecule has 6 nitrogen and oxygen atoms in total. The van der Waals surface area contributed by atoms with Crippen molar-refractivity contribution in [2.75, 3.05) is 5.32 Å². The maximum Gasteiger partial charge on any atom is 0.331 e. The second kappa shape index (κ2) is 10.1. The highest BCUT2D eigenvalue weighted by atomic mass is 16.5. The van der Waals surface area contributed by atoms with E-state index in [0.29, 0.717) is 12.2 Å². The van der Waals surface area contributed by atoms with Crippen LogP contribution in [0.15, 0.2) is 54.6 Å². The lowest BCUT2D eigenvalue weighted by Gasteiger charge is -2.12. The van der Waals surface area contributed by atoms with Gasteiger partial charge in [-0.1, -0.05) is 47.5 Å². The molecule has 0 bridgehead atoms. The van der Waals surface area contributed by atoms with E-state index >= 15 is 0 Å². The van der Waals surface area contributed by atoms with Gasteiger partial charge >= 0.3 is 5.97 Å². The first-order valence-corrected chi connectivity index (χ1v) is 10.6. The second-order valence-corrected chi connectivity index (χ2v) is 8.00. The number of nitrogens with zero attached hydrogens (tertiary/aromatic N) is 2. The maximum atomic E-state index is 12.3. The van der Waals surface area contributed by atoms with E-state index in [9.17, 15) is 9.59 Å². The van der Waals surface area contributed by atoms with Crippen molar-refractivity contribution in [1.82, 2.24) is 9.78 Å². The van der Waals surface area contributed by atoms with E-state index in [4.69, 9.17) is 4.74 Å². The second-order valence-electron chi connectivity index (χ2n) is 8.00. The Morgan fingerprint density at radius 1 is 1.00 bits per heavy atom. The molecule has 3 rings (SSSR count). The number of nitrogens with one attached hydrogen (secondary N) is 1. The normalized spacial score (nSPS) is 12.0.